The summed E-state index contributed by atoms with van der Waals surface area (Å²) in [6.07, 6.45) is 0. The van der Waals surface area contributed by atoms with Crippen LogP contribution in [0, 0.1) is 0 Å². The first-order chi connectivity index (χ1) is 9.60. The van der Waals surface area contributed by atoms with E-state index in [-0.39, 0.29) is 12.8 Å². The van der Waals surface area contributed by atoms with Gasteiger partial charge in [-0.25, -0.2) is 0 Å². The first kappa shape index (κ1) is 14.1. The molecule has 2 amide bonds. The highest BCUT2D eigenvalue weighted by atomic mass is 16.7. The van der Waals surface area contributed by atoms with Crippen LogP contribution in [0.15, 0.2) is 18.2 Å². The summed E-state index contributed by atoms with van der Waals surface area (Å²) in [5.74, 6) is -0.309. The van der Waals surface area contributed by atoms with Gasteiger partial charge in [0.1, 0.15) is 0 Å². The van der Waals surface area contributed by atoms with Gasteiger partial charge < -0.3 is 24.8 Å². The highest BCUT2D eigenvalue weighted by Crippen LogP contribution is 2.34. The highest BCUT2D eigenvalue weighted by molar-refractivity contribution is 6.39. The topological polar surface area (TPSA) is 85.9 Å². The smallest absolute Gasteiger partial charge is 0.313 e. The summed E-state index contributed by atoms with van der Waals surface area (Å²) >= 11 is 0. The maximum atomic E-state index is 11.7. The van der Waals surface area contributed by atoms with E-state index in [1.54, 1.807) is 25.1 Å². The fourth-order valence-corrected chi connectivity index (χ4v) is 1.74. The number of methoxy groups -OCH3 is 1. The van der Waals surface area contributed by atoms with Crippen LogP contribution in [0.3, 0.4) is 0 Å². The van der Waals surface area contributed by atoms with E-state index in [0.717, 1.165) is 0 Å². The summed E-state index contributed by atoms with van der Waals surface area (Å²) in [6.45, 7) is 2.24. The van der Waals surface area contributed by atoms with Crippen LogP contribution < -0.4 is 20.1 Å². The molecule has 0 fully saturated rings. The third-order valence-electron chi connectivity index (χ3n) is 2.63. The summed E-state index contributed by atoms with van der Waals surface area (Å²) in [5, 5.41) is 5.01. The zero-order valence-corrected chi connectivity index (χ0v) is 11.3. The average Bonchev–Trinajstić information content (AvgIpc) is 2.86. The summed E-state index contributed by atoms with van der Waals surface area (Å²) in [5.41, 5.74) is 0.466. The van der Waals surface area contributed by atoms with E-state index in [1.165, 1.54) is 7.11 Å². The lowest BCUT2D eigenvalue weighted by Gasteiger charge is -2.12. The predicted octanol–water partition coefficient (Wildman–Crippen LogP) is 0.505. The molecular weight excluding hydrogens is 264 g/mol. The maximum absolute atomic E-state index is 11.7. The first-order valence-electron chi connectivity index (χ1n) is 6.10. The Labute approximate surface area is 116 Å². The Hall–Kier alpha value is -2.28. The van der Waals surface area contributed by atoms with Gasteiger partial charge in [0.15, 0.2) is 11.5 Å². The molecule has 1 aromatic carbocycles. The number of anilines is 1. The Balaban J connectivity index is 1.92. The van der Waals surface area contributed by atoms with Crippen molar-refractivity contribution in [2.45, 2.75) is 13.0 Å². The quantitative estimate of drug-likeness (QED) is 0.785. The second-order valence-corrected chi connectivity index (χ2v) is 4.35. The molecule has 0 spiro atoms. The number of amides is 2. The highest BCUT2D eigenvalue weighted by Gasteiger charge is 2.18. The minimum atomic E-state index is -0.744. The number of carbonyl (C=O) groups is 2. The molecule has 108 valence electrons. The van der Waals surface area contributed by atoms with Crippen molar-refractivity contribution < 1.29 is 23.8 Å². The van der Waals surface area contributed by atoms with Crippen LogP contribution in [-0.2, 0) is 14.3 Å². The molecule has 0 saturated carbocycles. The molecule has 1 aliphatic heterocycles. The van der Waals surface area contributed by atoms with Crippen molar-refractivity contribution in [3.8, 4) is 11.5 Å². The molecule has 0 radical (unpaired) electrons. The molecule has 0 unspecified atom stereocenters. The van der Waals surface area contributed by atoms with E-state index in [0.29, 0.717) is 23.8 Å². The van der Waals surface area contributed by atoms with Crippen LogP contribution in [-0.4, -0.2) is 38.4 Å². The van der Waals surface area contributed by atoms with Crippen molar-refractivity contribution >= 4 is 17.5 Å². The third-order valence-corrected chi connectivity index (χ3v) is 2.63. The van der Waals surface area contributed by atoms with E-state index in [1.807, 2.05) is 0 Å². The summed E-state index contributed by atoms with van der Waals surface area (Å²) < 4.78 is 15.2. The standard InChI is InChI=1S/C13H16N2O5/c1-8(6-18-2)14-12(16)13(17)15-9-3-4-10-11(5-9)20-7-19-10/h3-5,8H,6-7H2,1-2H3,(H,14,16)(H,15,17)/t8-/m0/s1. The van der Waals surface area contributed by atoms with Crippen LogP contribution in [0.5, 0.6) is 11.5 Å². The largest absolute Gasteiger partial charge is 0.454 e. The first-order valence-corrected chi connectivity index (χ1v) is 6.10. The van der Waals surface area contributed by atoms with E-state index in [9.17, 15) is 9.59 Å². The SMILES string of the molecule is COC[C@H](C)NC(=O)C(=O)Nc1ccc2c(c1)OCO2. The third kappa shape index (κ3) is 3.39. The molecule has 0 saturated heterocycles. The van der Waals surface area contributed by atoms with Crippen molar-refractivity contribution in [1.29, 1.82) is 0 Å². The van der Waals surface area contributed by atoms with Gasteiger partial charge in [-0.05, 0) is 19.1 Å². The molecule has 0 bridgehead atoms. The van der Waals surface area contributed by atoms with Gasteiger partial charge >= 0.3 is 11.8 Å². The fraction of sp³-hybridized carbons (Fsp3) is 0.385. The monoisotopic (exact) mass is 280 g/mol. The molecule has 1 aromatic rings. The molecule has 1 aliphatic rings. The lowest BCUT2D eigenvalue weighted by Crippen LogP contribution is -2.42. The minimum absolute atomic E-state index is 0.155. The average molecular weight is 280 g/mol. The van der Waals surface area contributed by atoms with Gasteiger partial charge in [-0.15, -0.1) is 0 Å². The van der Waals surface area contributed by atoms with Crippen LogP contribution in [0.4, 0.5) is 5.69 Å². The number of hydrogen-bond donors (Lipinski definition) is 2. The molecule has 1 heterocycles. The Bertz CT molecular complexity index is 517. The fourth-order valence-electron chi connectivity index (χ4n) is 1.74. The lowest BCUT2D eigenvalue weighted by atomic mass is 10.2. The minimum Gasteiger partial charge on any atom is -0.454 e. The van der Waals surface area contributed by atoms with Gasteiger partial charge in [0.25, 0.3) is 0 Å². The molecule has 7 heteroatoms. The molecule has 2 N–H and O–H groups in total. The van der Waals surface area contributed by atoms with Gasteiger partial charge in [0, 0.05) is 24.9 Å². The molecule has 2 rings (SSSR count). The van der Waals surface area contributed by atoms with Gasteiger partial charge in [-0.2, -0.15) is 0 Å². The van der Waals surface area contributed by atoms with Crippen LogP contribution in [0.25, 0.3) is 0 Å². The van der Waals surface area contributed by atoms with Crippen LogP contribution >= 0.6 is 0 Å². The van der Waals surface area contributed by atoms with Gasteiger partial charge in [0.05, 0.1) is 6.61 Å². The molecule has 0 aliphatic carbocycles. The molecule has 7 nitrogen and oxygen atoms in total. The Kier molecular flexibility index (Phi) is 4.41. The predicted molar refractivity (Wildman–Crippen MR) is 70.7 cm³/mol. The normalized spacial score (nSPS) is 13.7. The van der Waals surface area contributed by atoms with E-state index in [2.05, 4.69) is 10.6 Å². The summed E-state index contributed by atoms with van der Waals surface area (Å²) in [7, 11) is 1.52. The Morgan fingerprint density at radius 1 is 1.30 bits per heavy atom. The number of rotatable bonds is 4. The maximum Gasteiger partial charge on any atom is 0.313 e. The zero-order chi connectivity index (χ0) is 14.5. The van der Waals surface area contributed by atoms with E-state index in [4.69, 9.17) is 14.2 Å². The number of ether oxygens (including phenoxy) is 3. The van der Waals surface area contributed by atoms with Crippen molar-refractivity contribution in [3.63, 3.8) is 0 Å². The Morgan fingerprint density at radius 3 is 2.80 bits per heavy atom. The number of hydrogen-bond acceptors (Lipinski definition) is 5. The van der Waals surface area contributed by atoms with Gasteiger partial charge in [-0.1, -0.05) is 0 Å². The van der Waals surface area contributed by atoms with Gasteiger partial charge in [0.2, 0.25) is 6.79 Å². The lowest BCUT2D eigenvalue weighted by molar-refractivity contribution is -0.136. The van der Waals surface area contributed by atoms with Crippen molar-refractivity contribution in [3.05, 3.63) is 18.2 Å². The summed E-state index contributed by atoms with van der Waals surface area (Å²) in [4.78, 5) is 23.3. The molecule has 0 aromatic heterocycles. The van der Waals surface area contributed by atoms with Gasteiger partial charge in [-0.3, -0.25) is 9.59 Å². The zero-order valence-electron chi connectivity index (χ0n) is 11.3. The second-order valence-electron chi connectivity index (χ2n) is 4.35. The van der Waals surface area contributed by atoms with Crippen LogP contribution in [0.2, 0.25) is 0 Å². The second kappa shape index (κ2) is 6.25. The van der Waals surface area contributed by atoms with Crippen molar-refractivity contribution in [2.75, 3.05) is 25.8 Å². The summed E-state index contributed by atoms with van der Waals surface area (Å²) in [6, 6.07) is 4.67. The van der Waals surface area contributed by atoms with Crippen molar-refractivity contribution in [2.24, 2.45) is 0 Å². The number of fused-ring (bicyclic) bond motifs is 1. The number of benzene rings is 1. The Morgan fingerprint density at radius 2 is 2.05 bits per heavy atom. The number of nitrogens with one attached hydrogen (secondary N) is 2. The van der Waals surface area contributed by atoms with Crippen LogP contribution in [0.1, 0.15) is 6.92 Å². The molecular formula is C13H16N2O5. The number of carbonyl (C=O) groups excluding carboxylic acids is 2. The van der Waals surface area contributed by atoms with E-state index < -0.39 is 11.8 Å². The molecule has 20 heavy (non-hydrogen) atoms. The van der Waals surface area contributed by atoms with E-state index >= 15 is 0 Å². The van der Waals surface area contributed by atoms with Crippen molar-refractivity contribution in [1.82, 2.24) is 5.32 Å². The molecule has 1 atom stereocenters.